The number of rotatable bonds is 4. The number of ether oxygens (including phenoxy) is 2. The van der Waals surface area contributed by atoms with Crippen LogP contribution in [0.25, 0.3) is 0 Å². The summed E-state index contributed by atoms with van der Waals surface area (Å²) in [6.45, 7) is 0.383. The third-order valence-electron chi connectivity index (χ3n) is 2.15. The van der Waals surface area contributed by atoms with E-state index in [1.165, 1.54) is 0 Å². The van der Waals surface area contributed by atoms with Crippen molar-refractivity contribution in [2.75, 3.05) is 20.8 Å². The molecule has 0 amide bonds. The molecule has 0 aromatic heterocycles. The summed E-state index contributed by atoms with van der Waals surface area (Å²) < 4.78 is 11.2. The molecule has 0 aliphatic heterocycles. The third kappa shape index (κ3) is 2.62. The van der Waals surface area contributed by atoms with Crippen LogP contribution in [0, 0.1) is 0 Å². The first kappa shape index (κ1) is 12.3. The molecule has 5 heteroatoms. The Hall–Kier alpha value is -0.780. The van der Waals surface area contributed by atoms with Gasteiger partial charge in [0, 0.05) is 12.6 Å². The van der Waals surface area contributed by atoms with Gasteiger partial charge in [0.05, 0.1) is 14.2 Å². The van der Waals surface area contributed by atoms with E-state index in [-0.39, 0.29) is 6.04 Å². The van der Waals surface area contributed by atoms with Crippen molar-refractivity contribution in [3.05, 3.63) is 22.2 Å². The van der Waals surface area contributed by atoms with Gasteiger partial charge in [-0.3, -0.25) is 0 Å². The Morgan fingerprint density at radius 2 is 1.73 bits per heavy atom. The highest BCUT2D eigenvalue weighted by Gasteiger charge is 2.13. The van der Waals surface area contributed by atoms with Crippen molar-refractivity contribution in [2.45, 2.75) is 6.04 Å². The van der Waals surface area contributed by atoms with Gasteiger partial charge in [0.25, 0.3) is 0 Å². The molecule has 1 atom stereocenters. The number of nitrogens with two attached hydrogens (primary N) is 2. The number of halogens is 1. The molecule has 1 rings (SSSR count). The van der Waals surface area contributed by atoms with Crippen LogP contribution in [0.4, 0.5) is 0 Å². The summed E-state index contributed by atoms with van der Waals surface area (Å²) in [7, 11) is 3.19. The zero-order valence-electron chi connectivity index (χ0n) is 8.79. The van der Waals surface area contributed by atoms with Gasteiger partial charge in [-0.2, -0.15) is 0 Å². The smallest absolute Gasteiger partial charge is 0.137 e. The van der Waals surface area contributed by atoms with E-state index in [1.807, 2.05) is 12.1 Å². The van der Waals surface area contributed by atoms with Crippen LogP contribution in [0.5, 0.6) is 11.5 Å². The summed E-state index contributed by atoms with van der Waals surface area (Å²) >= 11 is 3.38. The second kappa shape index (κ2) is 5.34. The normalized spacial score (nSPS) is 12.3. The maximum Gasteiger partial charge on any atom is 0.137 e. The standard InChI is InChI=1S/C10H15BrN2O2/c1-14-8-3-6(7(13)5-12)4-9(15-2)10(8)11/h3-4,7H,5,12-13H2,1-2H3. The molecule has 4 N–H and O–H groups in total. The molecule has 0 heterocycles. The van der Waals surface area contributed by atoms with E-state index < -0.39 is 0 Å². The van der Waals surface area contributed by atoms with Crippen LogP contribution >= 0.6 is 15.9 Å². The highest BCUT2D eigenvalue weighted by molar-refractivity contribution is 9.10. The van der Waals surface area contributed by atoms with Crippen LogP contribution in [0.15, 0.2) is 16.6 Å². The van der Waals surface area contributed by atoms with E-state index in [0.29, 0.717) is 18.0 Å². The van der Waals surface area contributed by atoms with Crippen LogP contribution < -0.4 is 20.9 Å². The van der Waals surface area contributed by atoms with Crippen LogP contribution in [-0.4, -0.2) is 20.8 Å². The number of hydrogen-bond donors (Lipinski definition) is 2. The van der Waals surface area contributed by atoms with Gasteiger partial charge >= 0.3 is 0 Å². The predicted molar refractivity (Wildman–Crippen MR) is 63.2 cm³/mol. The third-order valence-corrected chi connectivity index (χ3v) is 2.93. The molecular weight excluding hydrogens is 260 g/mol. The second-order valence-corrected chi connectivity index (χ2v) is 3.87. The minimum Gasteiger partial charge on any atom is -0.495 e. The zero-order chi connectivity index (χ0) is 11.4. The molecule has 1 aromatic rings. The molecule has 0 aliphatic carbocycles. The lowest BCUT2D eigenvalue weighted by Gasteiger charge is -2.14. The van der Waals surface area contributed by atoms with Crippen molar-refractivity contribution >= 4 is 15.9 Å². The fraction of sp³-hybridized carbons (Fsp3) is 0.400. The van der Waals surface area contributed by atoms with E-state index in [1.54, 1.807) is 14.2 Å². The van der Waals surface area contributed by atoms with E-state index in [2.05, 4.69) is 15.9 Å². The number of methoxy groups -OCH3 is 2. The van der Waals surface area contributed by atoms with Gasteiger partial charge in [-0.1, -0.05) is 0 Å². The lowest BCUT2D eigenvalue weighted by atomic mass is 10.1. The zero-order valence-corrected chi connectivity index (χ0v) is 10.4. The lowest BCUT2D eigenvalue weighted by molar-refractivity contribution is 0.388. The van der Waals surface area contributed by atoms with Crippen LogP contribution in [0.3, 0.4) is 0 Å². The number of benzene rings is 1. The maximum atomic E-state index is 5.84. The van der Waals surface area contributed by atoms with Crippen molar-refractivity contribution in [3.63, 3.8) is 0 Å². The van der Waals surface area contributed by atoms with E-state index in [9.17, 15) is 0 Å². The monoisotopic (exact) mass is 274 g/mol. The molecule has 0 saturated carbocycles. The largest absolute Gasteiger partial charge is 0.495 e. The first-order chi connectivity index (χ1) is 7.13. The summed E-state index contributed by atoms with van der Waals surface area (Å²) in [5, 5.41) is 0. The molecule has 4 nitrogen and oxygen atoms in total. The summed E-state index contributed by atoms with van der Waals surface area (Å²) in [4.78, 5) is 0. The van der Waals surface area contributed by atoms with Crippen LogP contribution in [0.1, 0.15) is 11.6 Å². The van der Waals surface area contributed by atoms with Gasteiger partial charge in [-0.05, 0) is 33.6 Å². The molecule has 0 fully saturated rings. The van der Waals surface area contributed by atoms with Gasteiger partial charge in [-0.15, -0.1) is 0 Å². The fourth-order valence-electron chi connectivity index (χ4n) is 1.24. The van der Waals surface area contributed by atoms with Crippen LogP contribution in [-0.2, 0) is 0 Å². The van der Waals surface area contributed by atoms with Gasteiger partial charge in [0.2, 0.25) is 0 Å². The molecule has 84 valence electrons. The Balaban J connectivity index is 3.20. The van der Waals surface area contributed by atoms with Crippen molar-refractivity contribution in [1.29, 1.82) is 0 Å². The minimum absolute atomic E-state index is 0.208. The van der Waals surface area contributed by atoms with E-state index >= 15 is 0 Å². The van der Waals surface area contributed by atoms with Gasteiger partial charge in [0.1, 0.15) is 16.0 Å². The minimum atomic E-state index is -0.208. The highest BCUT2D eigenvalue weighted by Crippen LogP contribution is 2.36. The molecule has 15 heavy (non-hydrogen) atoms. The highest BCUT2D eigenvalue weighted by atomic mass is 79.9. The van der Waals surface area contributed by atoms with Crippen molar-refractivity contribution < 1.29 is 9.47 Å². The average molecular weight is 275 g/mol. The Kier molecular flexibility index (Phi) is 4.38. The maximum absolute atomic E-state index is 5.84. The number of hydrogen-bond acceptors (Lipinski definition) is 4. The Bertz CT molecular complexity index is 319. The van der Waals surface area contributed by atoms with Gasteiger partial charge in [-0.25, -0.2) is 0 Å². The second-order valence-electron chi connectivity index (χ2n) is 3.08. The first-order valence-corrected chi connectivity index (χ1v) is 5.30. The predicted octanol–water partition coefficient (Wildman–Crippen LogP) is 1.42. The van der Waals surface area contributed by atoms with Crippen molar-refractivity contribution in [1.82, 2.24) is 0 Å². The van der Waals surface area contributed by atoms with E-state index in [4.69, 9.17) is 20.9 Å². The quantitative estimate of drug-likeness (QED) is 0.872. The Labute approximate surface area is 97.7 Å². The summed E-state index contributed by atoms with van der Waals surface area (Å²) in [6.07, 6.45) is 0. The molecule has 0 spiro atoms. The Morgan fingerprint density at radius 3 is 2.07 bits per heavy atom. The first-order valence-electron chi connectivity index (χ1n) is 4.51. The van der Waals surface area contributed by atoms with Crippen molar-refractivity contribution in [3.8, 4) is 11.5 Å². The SMILES string of the molecule is COc1cc(C(N)CN)cc(OC)c1Br. The average Bonchev–Trinajstić information content (AvgIpc) is 2.28. The molecular formula is C10H15BrN2O2. The van der Waals surface area contributed by atoms with Crippen molar-refractivity contribution in [2.24, 2.45) is 11.5 Å². The molecule has 1 aromatic carbocycles. The van der Waals surface area contributed by atoms with Gasteiger partial charge in [0.15, 0.2) is 0 Å². The summed E-state index contributed by atoms with van der Waals surface area (Å²) in [5.41, 5.74) is 12.2. The molecule has 0 saturated heterocycles. The Morgan fingerprint density at radius 1 is 1.27 bits per heavy atom. The topological polar surface area (TPSA) is 70.5 Å². The molecule has 0 radical (unpaired) electrons. The van der Waals surface area contributed by atoms with E-state index in [0.717, 1.165) is 10.0 Å². The van der Waals surface area contributed by atoms with Gasteiger partial charge < -0.3 is 20.9 Å². The van der Waals surface area contributed by atoms with Crippen LogP contribution in [0.2, 0.25) is 0 Å². The fourth-order valence-corrected chi connectivity index (χ4v) is 1.79. The molecule has 0 bridgehead atoms. The molecule has 0 aliphatic rings. The molecule has 1 unspecified atom stereocenters. The summed E-state index contributed by atoms with van der Waals surface area (Å²) in [5.74, 6) is 1.38. The summed E-state index contributed by atoms with van der Waals surface area (Å²) in [6, 6.07) is 3.50. The lowest BCUT2D eigenvalue weighted by Crippen LogP contribution is -2.20.